The van der Waals surface area contributed by atoms with E-state index in [0.29, 0.717) is 0 Å². The molecule has 0 heterocycles. The van der Waals surface area contributed by atoms with E-state index in [1.165, 1.54) is 0 Å². The molecular formula is C14H48O12-2. The maximum atomic E-state index is 8.70. The minimum atomic E-state index is -2.33. The molecule has 0 atom stereocenters. The molecule has 0 amide bonds. The van der Waals surface area contributed by atoms with Gasteiger partial charge in [0.25, 0.3) is 6.47 Å². The first-order valence-corrected chi connectivity index (χ1v) is 2.31. The van der Waals surface area contributed by atoms with E-state index >= 15 is 0 Å². The first kappa shape index (κ1) is 165. The van der Waals surface area contributed by atoms with E-state index in [2.05, 4.69) is 9.78 Å². The van der Waals surface area contributed by atoms with Crippen LogP contribution in [0.15, 0.2) is 0 Å². The van der Waals surface area contributed by atoms with Crippen LogP contribution in [0.5, 0.6) is 0 Å². The third-order valence-corrected chi connectivity index (χ3v) is 0.0823. The third-order valence-electron chi connectivity index (χ3n) is 0.0823. The number of carboxylic acid groups (broad SMARTS) is 2. The van der Waals surface area contributed by atoms with Crippen LogP contribution in [0.3, 0.4) is 0 Å². The quantitative estimate of drug-likeness (QED) is 0.384. The summed E-state index contributed by atoms with van der Waals surface area (Å²) in [5.41, 5.74) is 0. The summed E-state index contributed by atoms with van der Waals surface area (Å²) in [4.78, 5) is 47.4. The van der Waals surface area contributed by atoms with E-state index in [1.807, 2.05) is 0 Å². The van der Waals surface area contributed by atoms with Crippen molar-refractivity contribution in [3.8, 4) is 0 Å². The first-order valence-electron chi connectivity index (χ1n) is 2.31. The molecular weight excluding hydrogens is 360 g/mol. The van der Waals surface area contributed by atoms with Gasteiger partial charge in [0.05, 0.1) is 0 Å². The maximum Gasteiger partial charge on any atom is 1.00 e. The molecule has 12 nitrogen and oxygen atoms in total. The highest BCUT2D eigenvalue weighted by Gasteiger charge is 1.47. The van der Waals surface area contributed by atoms with Gasteiger partial charge in [0.2, 0.25) is 0 Å². The molecule has 0 aromatic heterocycles. The Balaban J connectivity index is -0.00000000334. The lowest BCUT2D eigenvalue weighted by atomic mass is 11.5. The molecule has 12 heteroatoms. The van der Waals surface area contributed by atoms with Gasteiger partial charge >= 0.3 is 14.1 Å². The van der Waals surface area contributed by atoms with Gasteiger partial charge in [-0.05, 0) is 6.16 Å². The number of carbonyl (C=O) groups excluding carboxylic acids is 5. The molecule has 0 saturated carbocycles. The minimum absolute atomic E-state index is 0. The van der Waals surface area contributed by atoms with Crippen molar-refractivity contribution < 1.29 is 62.8 Å². The molecule has 0 bridgehead atoms. The van der Waals surface area contributed by atoms with Crippen molar-refractivity contribution >= 4 is 25.3 Å². The fourth-order valence-corrected chi connectivity index (χ4v) is 0. The van der Waals surface area contributed by atoms with Crippen LogP contribution in [-0.2, 0) is 29.0 Å². The van der Waals surface area contributed by atoms with Crippen molar-refractivity contribution in [2.75, 3.05) is 0 Å². The van der Waals surface area contributed by atoms with Crippen LogP contribution in [0.4, 0.5) is 4.79 Å². The molecule has 0 unspecified atom stereocenters. The number of hydrogen-bond acceptors (Lipinski definition) is 11. The second kappa shape index (κ2) is 346. The van der Waals surface area contributed by atoms with Gasteiger partial charge in [-0.3, -0.25) is 9.59 Å². The van der Waals surface area contributed by atoms with Crippen LogP contribution in [0, 0.1) is 0 Å². The number of hydrogen-bond donors (Lipinski definition) is 1. The Labute approximate surface area is 163 Å². The summed E-state index contributed by atoms with van der Waals surface area (Å²) >= 11 is 0. The van der Waals surface area contributed by atoms with Crippen LogP contribution >= 0.6 is 0 Å². The third kappa shape index (κ3) is 32000. The number of rotatable bonds is 2. The lowest BCUT2D eigenvalue weighted by molar-refractivity contribution is -0.652. The Kier molecular flexibility index (Phi) is 2200. The van der Waals surface area contributed by atoms with Crippen LogP contribution in [0.1, 0.15) is 77.1 Å². The topological polar surface area (TPSA) is 225 Å². The van der Waals surface area contributed by atoms with Crippen LogP contribution in [-0.4, -0.2) is 36.0 Å². The lowest BCUT2D eigenvalue weighted by Crippen LogP contribution is -2.37. The van der Waals surface area contributed by atoms with Gasteiger partial charge in [0.15, 0.2) is 0 Å². The van der Waals surface area contributed by atoms with Gasteiger partial charge in [0.1, 0.15) is 0 Å². The summed E-state index contributed by atoms with van der Waals surface area (Å²) in [6, 6.07) is 0. The van der Waals surface area contributed by atoms with E-state index in [4.69, 9.17) is 44.7 Å². The van der Waals surface area contributed by atoms with Crippen molar-refractivity contribution in [2.45, 2.75) is 74.3 Å². The molecule has 3 N–H and O–H groups in total. The normalized spacial score (nSPS) is 2.85. The van der Waals surface area contributed by atoms with Gasteiger partial charge in [-0.15, -0.1) is 0 Å². The fourth-order valence-electron chi connectivity index (χ4n) is 0. The summed E-state index contributed by atoms with van der Waals surface area (Å²) < 4.78 is 0. The molecule has 0 rings (SSSR count). The average molecular weight is 409 g/mol. The Bertz CT molecular complexity index is 179. The Morgan fingerprint density at radius 3 is 0.923 bits per heavy atom. The summed E-state index contributed by atoms with van der Waals surface area (Å²) in [5, 5.41) is 32.1. The highest BCUT2D eigenvalue weighted by atomic mass is 17.1. The average Bonchev–Trinajstić information content (AvgIpc) is 2.18. The molecule has 0 aliphatic heterocycles. The van der Waals surface area contributed by atoms with Gasteiger partial charge in [-0.2, -0.15) is 9.59 Å². The molecule has 0 saturated heterocycles. The Morgan fingerprint density at radius 2 is 0.923 bits per heavy atom. The largest absolute Gasteiger partial charge is 1.00 e. The van der Waals surface area contributed by atoms with E-state index in [1.54, 1.807) is 0 Å². The molecule has 0 aromatic carbocycles. The smallest absolute Gasteiger partial charge is 0.662 e. The molecule has 0 aromatic rings. The van der Waals surface area contributed by atoms with E-state index in [0.717, 1.165) is 0 Å². The molecule has 0 fully saturated rings. The molecule has 178 valence electrons. The van der Waals surface area contributed by atoms with Crippen LogP contribution in [0.2, 0.25) is 0 Å². The predicted octanol–water partition coefficient (Wildman–Crippen LogP) is 0.931. The van der Waals surface area contributed by atoms with Crippen molar-refractivity contribution in [2.24, 2.45) is 0 Å². The zero-order valence-corrected chi connectivity index (χ0v) is 7.18. The predicted molar refractivity (Wildman–Crippen MR) is 101 cm³/mol. The van der Waals surface area contributed by atoms with Crippen molar-refractivity contribution in [3.63, 3.8) is 0 Å². The Morgan fingerprint density at radius 1 is 0.846 bits per heavy atom. The van der Waals surface area contributed by atoms with Crippen molar-refractivity contribution in [3.05, 3.63) is 0 Å². The molecule has 0 radical (unpaired) electrons. The van der Waals surface area contributed by atoms with E-state index < -0.39 is 6.16 Å². The van der Waals surface area contributed by atoms with Gasteiger partial charge < -0.3 is 35.5 Å². The summed E-state index contributed by atoms with van der Waals surface area (Å²) in [6.45, 7) is -0.250. The molecule has 26 heavy (non-hydrogen) atoms. The Hall–Kier alpha value is -2.53. The van der Waals surface area contributed by atoms with Gasteiger partial charge in [-0.1, -0.05) is 74.3 Å². The zero-order chi connectivity index (χ0) is 13.1. The summed E-state index contributed by atoms with van der Waals surface area (Å²) in [7, 11) is 0. The fraction of sp³-hybridized carbons (Fsp3) is 0.714. The SMILES string of the molecule is C.C.C.C.C.C.C.C.C.C.O.O=C([O-])[O-].O=C=O.O=COO.O=CO[O-].[H+].[HH]. The van der Waals surface area contributed by atoms with Crippen LogP contribution < -0.4 is 15.5 Å². The molecule has 0 spiro atoms. The summed E-state index contributed by atoms with van der Waals surface area (Å²) in [6.07, 6.45) is -2.08. The second-order valence-corrected chi connectivity index (χ2v) is 0.727. The molecule has 0 aliphatic rings. The van der Waals surface area contributed by atoms with Crippen molar-refractivity contribution in [1.82, 2.24) is 0 Å². The van der Waals surface area contributed by atoms with Gasteiger partial charge in [0, 0.05) is 1.43 Å². The van der Waals surface area contributed by atoms with E-state index in [-0.39, 0.29) is 102 Å². The number of carbonyl (C=O) groups is 3. The first-order chi connectivity index (χ1) is 6.97. The van der Waals surface area contributed by atoms with E-state index in [9.17, 15) is 0 Å². The highest BCUT2D eigenvalue weighted by molar-refractivity contribution is 5.47. The minimum Gasteiger partial charge on any atom is -0.662 e. The maximum absolute atomic E-state index is 8.70. The zero-order valence-electron chi connectivity index (χ0n) is 8.18. The highest BCUT2D eigenvalue weighted by Crippen LogP contribution is 1.33. The monoisotopic (exact) mass is 408 g/mol. The van der Waals surface area contributed by atoms with Gasteiger partial charge in [-0.25, -0.2) is 5.26 Å². The van der Waals surface area contributed by atoms with Crippen molar-refractivity contribution in [1.29, 1.82) is 0 Å². The second-order valence-electron chi connectivity index (χ2n) is 0.727. The standard InChI is InChI=1S/3CH2O3.CO2.10CH4.H2O.H2/c2*2-1-4-3;2-1(3)4;2-1-3;;;;;;;;;;;;/h2*1,3H;(H2,2,3,4);;10*1H4;1H2;1H/p-2. The summed E-state index contributed by atoms with van der Waals surface area (Å²) in [5.74, 6) is 0. The van der Waals surface area contributed by atoms with Crippen LogP contribution in [0.25, 0.3) is 0 Å². The lowest BCUT2D eigenvalue weighted by Gasteiger charge is -1.96. The molecule has 0 aliphatic carbocycles.